The predicted molar refractivity (Wildman–Crippen MR) is 154 cm³/mol. The molecule has 0 amide bonds. The van der Waals surface area contributed by atoms with E-state index in [1.807, 2.05) is 50.6 Å². The smallest absolute Gasteiger partial charge is 0.205 e. The zero-order valence-electron chi connectivity index (χ0n) is 23.2. The average molecular weight is 538 g/mol. The summed E-state index contributed by atoms with van der Waals surface area (Å²) in [5, 5.41) is 14.6. The van der Waals surface area contributed by atoms with Crippen LogP contribution in [-0.2, 0) is 22.4 Å². The molecule has 9 nitrogen and oxygen atoms in total. The summed E-state index contributed by atoms with van der Waals surface area (Å²) in [5.74, 6) is 1.44. The Balaban J connectivity index is 1.45. The molecule has 206 valence electrons. The monoisotopic (exact) mass is 537 g/mol. The Morgan fingerprint density at radius 3 is 2.38 bits per heavy atom. The molecule has 3 heterocycles. The van der Waals surface area contributed by atoms with Gasteiger partial charge in [0.15, 0.2) is 6.29 Å². The molecule has 0 bridgehead atoms. The lowest BCUT2D eigenvalue weighted by molar-refractivity contribution is -0.140. The number of unbranched alkanes of at least 4 members (excludes halogenated alkanes) is 1. The number of nitrogens with zero attached hydrogens (tertiary/aromatic N) is 6. The number of nitrogens with one attached hydrogen (secondary N) is 1. The third kappa shape index (κ3) is 6.16. The fourth-order valence-electron chi connectivity index (χ4n) is 4.79. The summed E-state index contributed by atoms with van der Waals surface area (Å²) in [7, 11) is 0. The molecule has 5 aromatic rings. The lowest BCUT2D eigenvalue weighted by Gasteiger charge is -2.21. The Hall–Kier alpha value is -4.21. The zero-order chi connectivity index (χ0) is 27.7. The topological polar surface area (TPSA) is 104 Å². The SMILES string of the molecule is CCCCc1cc(-c2nccn2Cc2ccc(-c3ccccc3-c3nn[nH]n3)cc2)c(C(OCC)OCC)cn1. The highest BCUT2D eigenvalue weighted by Crippen LogP contribution is 2.32. The number of benzene rings is 2. The maximum Gasteiger partial charge on any atom is 0.205 e. The second kappa shape index (κ2) is 13.2. The third-order valence-corrected chi connectivity index (χ3v) is 6.76. The van der Waals surface area contributed by atoms with Crippen molar-refractivity contribution in [1.82, 2.24) is 35.2 Å². The van der Waals surface area contributed by atoms with Gasteiger partial charge in [0.25, 0.3) is 0 Å². The fraction of sp³-hybridized carbons (Fsp3) is 0.323. The number of ether oxygens (including phenoxy) is 2. The van der Waals surface area contributed by atoms with E-state index < -0.39 is 6.29 Å². The van der Waals surface area contributed by atoms with E-state index >= 15 is 0 Å². The number of aromatic amines is 1. The van der Waals surface area contributed by atoms with Crippen molar-refractivity contribution in [3.8, 4) is 33.9 Å². The van der Waals surface area contributed by atoms with E-state index in [-0.39, 0.29) is 0 Å². The van der Waals surface area contributed by atoms with Crippen LogP contribution in [0.2, 0.25) is 0 Å². The number of H-pyrrole nitrogens is 1. The molecular weight excluding hydrogens is 502 g/mol. The van der Waals surface area contributed by atoms with Gasteiger partial charge in [-0.05, 0) is 54.7 Å². The van der Waals surface area contributed by atoms with Crippen LogP contribution in [0.15, 0.2) is 73.2 Å². The summed E-state index contributed by atoms with van der Waals surface area (Å²) in [6.45, 7) is 7.88. The molecule has 0 fully saturated rings. The van der Waals surface area contributed by atoms with Crippen LogP contribution in [0.25, 0.3) is 33.9 Å². The number of hydrogen-bond acceptors (Lipinski definition) is 7. The van der Waals surface area contributed by atoms with Gasteiger partial charge in [-0.15, -0.1) is 10.2 Å². The van der Waals surface area contributed by atoms with Gasteiger partial charge in [-0.1, -0.05) is 61.9 Å². The van der Waals surface area contributed by atoms with E-state index in [1.165, 1.54) is 0 Å². The summed E-state index contributed by atoms with van der Waals surface area (Å²) in [6, 6.07) is 18.8. The number of tetrazole rings is 1. The van der Waals surface area contributed by atoms with Gasteiger partial charge in [-0.2, -0.15) is 5.21 Å². The minimum Gasteiger partial charge on any atom is -0.349 e. The first-order valence-electron chi connectivity index (χ1n) is 13.9. The maximum absolute atomic E-state index is 5.96. The van der Waals surface area contributed by atoms with Crippen molar-refractivity contribution in [3.05, 3.63) is 90.0 Å². The third-order valence-electron chi connectivity index (χ3n) is 6.76. The second-order valence-electron chi connectivity index (χ2n) is 9.47. The Morgan fingerprint density at radius 2 is 1.68 bits per heavy atom. The van der Waals surface area contributed by atoms with Crippen molar-refractivity contribution < 1.29 is 9.47 Å². The van der Waals surface area contributed by atoms with Gasteiger partial charge in [0.1, 0.15) is 5.82 Å². The number of pyridine rings is 1. The Morgan fingerprint density at radius 1 is 0.900 bits per heavy atom. The molecule has 0 saturated carbocycles. The largest absolute Gasteiger partial charge is 0.349 e. The van der Waals surface area contributed by atoms with Gasteiger partial charge in [-0.3, -0.25) is 4.98 Å². The van der Waals surface area contributed by atoms with Crippen molar-refractivity contribution in [2.45, 2.75) is 52.9 Å². The number of hydrogen-bond donors (Lipinski definition) is 1. The minimum atomic E-state index is -0.499. The summed E-state index contributed by atoms with van der Waals surface area (Å²) in [5.41, 5.74) is 7.16. The molecule has 0 aliphatic carbocycles. The lowest BCUT2D eigenvalue weighted by atomic mass is 9.98. The number of imidazole rings is 1. The predicted octanol–water partition coefficient (Wildman–Crippen LogP) is 6.25. The molecule has 5 rings (SSSR count). The standard InChI is InChI=1S/C31H35N7O2/c1-4-7-10-24-19-27(28(20-33-24)31(39-5-2)40-6-3)30-32-17-18-38(30)21-22-13-15-23(16-14-22)25-11-8-9-12-26(25)29-34-36-37-35-29/h8-9,11-20,31H,4-7,10,21H2,1-3H3,(H,34,35,36,37). The van der Waals surface area contributed by atoms with Crippen LogP contribution in [0, 0.1) is 0 Å². The van der Waals surface area contributed by atoms with Crippen LogP contribution in [0.3, 0.4) is 0 Å². The van der Waals surface area contributed by atoms with E-state index in [9.17, 15) is 0 Å². The van der Waals surface area contributed by atoms with Gasteiger partial charge in [-0.25, -0.2) is 4.98 Å². The number of aryl methyl sites for hydroxylation is 1. The Labute approximate surface area is 234 Å². The van der Waals surface area contributed by atoms with Gasteiger partial charge >= 0.3 is 0 Å². The summed E-state index contributed by atoms with van der Waals surface area (Å²) >= 11 is 0. The van der Waals surface area contributed by atoms with E-state index in [0.717, 1.165) is 64.2 Å². The molecule has 0 atom stereocenters. The number of rotatable bonds is 13. The molecule has 2 aromatic carbocycles. The van der Waals surface area contributed by atoms with E-state index in [2.05, 4.69) is 68.5 Å². The van der Waals surface area contributed by atoms with Crippen LogP contribution in [-0.4, -0.2) is 48.4 Å². The molecule has 40 heavy (non-hydrogen) atoms. The van der Waals surface area contributed by atoms with Crippen LogP contribution in [0.4, 0.5) is 0 Å². The van der Waals surface area contributed by atoms with Crippen molar-refractivity contribution in [1.29, 1.82) is 0 Å². The Bertz CT molecular complexity index is 1490. The molecule has 0 radical (unpaired) electrons. The van der Waals surface area contributed by atoms with E-state index in [1.54, 1.807) is 0 Å². The maximum atomic E-state index is 5.96. The lowest BCUT2D eigenvalue weighted by Crippen LogP contribution is -2.13. The van der Waals surface area contributed by atoms with Gasteiger partial charge in [0.05, 0.1) is 0 Å². The molecule has 0 spiro atoms. The van der Waals surface area contributed by atoms with Gasteiger partial charge in [0.2, 0.25) is 5.82 Å². The second-order valence-corrected chi connectivity index (χ2v) is 9.47. The first-order chi connectivity index (χ1) is 19.7. The van der Waals surface area contributed by atoms with Crippen LogP contribution in [0.5, 0.6) is 0 Å². The van der Waals surface area contributed by atoms with E-state index in [0.29, 0.717) is 25.6 Å². The minimum absolute atomic E-state index is 0.499. The summed E-state index contributed by atoms with van der Waals surface area (Å²) in [4.78, 5) is 9.51. The number of aromatic nitrogens is 7. The molecule has 0 aliphatic rings. The normalized spacial score (nSPS) is 11.4. The highest BCUT2D eigenvalue weighted by atomic mass is 16.7. The molecular formula is C31H35N7O2. The highest BCUT2D eigenvalue weighted by molar-refractivity contribution is 5.80. The van der Waals surface area contributed by atoms with Crippen LogP contribution >= 0.6 is 0 Å². The summed E-state index contributed by atoms with van der Waals surface area (Å²) < 4.78 is 14.1. The van der Waals surface area contributed by atoms with Gasteiger partial charge < -0.3 is 14.0 Å². The molecule has 1 N–H and O–H groups in total. The van der Waals surface area contributed by atoms with Crippen molar-refractivity contribution >= 4 is 0 Å². The molecule has 0 aliphatic heterocycles. The fourth-order valence-corrected chi connectivity index (χ4v) is 4.79. The van der Waals surface area contributed by atoms with E-state index in [4.69, 9.17) is 19.4 Å². The first-order valence-corrected chi connectivity index (χ1v) is 13.9. The van der Waals surface area contributed by atoms with Crippen molar-refractivity contribution in [2.24, 2.45) is 0 Å². The van der Waals surface area contributed by atoms with Gasteiger partial charge in [0, 0.05) is 60.7 Å². The molecule has 0 unspecified atom stereocenters. The summed E-state index contributed by atoms with van der Waals surface area (Å²) in [6.07, 6.45) is 8.38. The molecule has 0 saturated heterocycles. The molecule has 9 heteroatoms. The zero-order valence-corrected chi connectivity index (χ0v) is 23.2. The van der Waals surface area contributed by atoms with Crippen LogP contribution < -0.4 is 0 Å². The van der Waals surface area contributed by atoms with Crippen molar-refractivity contribution in [3.63, 3.8) is 0 Å². The first kappa shape index (κ1) is 27.4. The average Bonchev–Trinajstić information content (AvgIpc) is 3.69. The van der Waals surface area contributed by atoms with Crippen LogP contribution in [0.1, 0.15) is 56.7 Å². The quantitative estimate of drug-likeness (QED) is 0.177. The van der Waals surface area contributed by atoms with Crippen molar-refractivity contribution in [2.75, 3.05) is 13.2 Å². The molecule has 3 aromatic heterocycles. The Kier molecular flexibility index (Phi) is 9.05. The highest BCUT2D eigenvalue weighted by Gasteiger charge is 2.21.